The number of hydrogen-bond acceptors (Lipinski definition) is 2. The maximum Gasteiger partial charge on any atom is 0.223 e. The third-order valence-corrected chi connectivity index (χ3v) is 5.15. The van der Waals surface area contributed by atoms with Crippen molar-refractivity contribution in [1.82, 2.24) is 10.6 Å². The van der Waals surface area contributed by atoms with Crippen LogP contribution in [0.4, 0.5) is 0 Å². The highest BCUT2D eigenvalue weighted by Crippen LogP contribution is 2.27. The Labute approximate surface area is 138 Å². The lowest BCUT2D eigenvalue weighted by atomic mass is 9.84. The predicted octanol–water partition coefficient (Wildman–Crippen LogP) is 2.43. The van der Waals surface area contributed by atoms with Crippen LogP contribution in [-0.4, -0.2) is 24.4 Å². The second kappa shape index (κ2) is 7.62. The summed E-state index contributed by atoms with van der Waals surface area (Å²) in [5.74, 6) is 0.660. The van der Waals surface area contributed by atoms with E-state index in [0.29, 0.717) is 6.54 Å². The highest BCUT2D eigenvalue weighted by Gasteiger charge is 2.28. The average molecular weight is 314 g/mol. The molecule has 0 radical (unpaired) electrons. The van der Waals surface area contributed by atoms with E-state index in [1.807, 2.05) is 18.2 Å². The summed E-state index contributed by atoms with van der Waals surface area (Å²) in [4.78, 5) is 24.3. The second-order valence-corrected chi connectivity index (χ2v) is 6.90. The normalized spacial score (nSPS) is 19.3. The lowest BCUT2D eigenvalue weighted by Crippen LogP contribution is -2.49. The minimum absolute atomic E-state index is 0.0328. The third-order valence-electron chi connectivity index (χ3n) is 5.15. The molecule has 0 aromatic heterocycles. The van der Waals surface area contributed by atoms with Gasteiger partial charge in [0, 0.05) is 18.4 Å². The van der Waals surface area contributed by atoms with Crippen LogP contribution in [0.3, 0.4) is 0 Å². The number of hydrogen-bond donors (Lipinski definition) is 2. The Morgan fingerprint density at radius 1 is 0.957 bits per heavy atom. The van der Waals surface area contributed by atoms with Crippen LogP contribution in [0.1, 0.15) is 44.1 Å². The van der Waals surface area contributed by atoms with E-state index >= 15 is 0 Å². The van der Waals surface area contributed by atoms with Gasteiger partial charge in [-0.25, -0.2) is 0 Å². The molecule has 3 rings (SSSR count). The molecule has 1 aromatic carbocycles. The first-order chi connectivity index (χ1) is 11.2. The van der Waals surface area contributed by atoms with Crippen LogP contribution in [0.15, 0.2) is 30.3 Å². The SMILES string of the molecule is O=C(NCC(Cc1ccccc1)NC(=O)C1CCC1)C1CCC1. The van der Waals surface area contributed by atoms with Crippen molar-refractivity contribution >= 4 is 11.8 Å². The summed E-state index contributed by atoms with van der Waals surface area (Å²) in [6.45, 7) is 0.517. The van der Waals surface area contributed by atoms with E-state index in [0.717, 1.165) is 44.9 Å². The molecule has 2 fully saturated rings. The Bertz CT molecular complexity index is 536. The molecule has 2 saturated carbocycles. The molecule has 2 aliphatic carbocycles. The van der Waals surface area contributed by atoms with Crippen molar-refractivity contribution < 1.29 is 9.59 Å². The van der Waals surface area contributed by atoms with Crippen LogP contribution in [0, 0.1) is 11.8 Å². The number of carbonyl (C=O) groups excluding carboxylic acids is 2. The van der Waals surface area contributed by atoms with Crippen LogP contribution in [0.25, 0.3) is 0 Å². The lowest BCUT2D eigenvalue weighted by molar-refractivity contribution is -0.130. The molecule has 2 amide bonds. The summed E-state index contributed by atoms with van der Waals surface area (Å²) < 4.78 is 0. The van der Waals surface area contributed by atoms with E-state index in [-0.39, 0.29) is 29.7 Å². The van der Waals surface area contributed by atoms with E-state index in [1.165, 1.54) is 5.56 Å². The van der Waals surface area contributed by atoms with Gasteiger partial charge in [0.25, 0.3) is 0 Å². The van der Waals surface area contributed by atoms with Crippen molar-refractivity contribution in [3.63, 3.8) is 0 Å². The molecule has 0 aliphatic heterocycles. The molecule has 1 atom stereocenters. The molecule has 0 heterocycles. The molecule has 1 aromatic rings. The number of carbonyl (C=O) groups is 2. The van der Waals surface area contributed by atoms with Crippen molar-refractivity contribution in [2.45, 2.75) is 51.0 Å². The Morgan fingerprint density at radius 3 is 2.13 bits per heavy atom. The average Bonchev–Trinajstić information content (AvgIpc) is 2.42. The fraction of sp³-hybridized carbons (Fsp3) is 0.579. The zero-order valence-corrected chi connectivity index (χ0v) is 13.6. The predicted molar refractivity (Wildman–Crippen MR) is 89.8 cm³/mol. The maximum atomic E-state index is 12.2. The fourth-order valence-corrected chi connectivity index (χ4v) is 3.10. The van der Waals surface area contributed by atoms with E-state index in [1.54, 1.807) is 0 Å². The third kappa shape index (κ3) is 4.34. The van der Waals surface area contributed by atoms with Gasteiger partial charge >= 0.3 is 0 Å². The summed E-state index contributed by atoms with van der Waals surface area (Å²) in [7, 11) is 0. The van der Waals surface area contributed by atoms with E-state index in [2.05, 4.69) is 22.8 Å². The number of rotatable bonds is 7. The van der Waals surface area contributed by atoms with Crippen molar-refractivity contribution in [3.8, 4) is 0 Å². The van der Waals surface area contributed by atoms with Crippen LogP contribution in [0.2, 0.25) is 0 Å². The molecular weight excluding hydrogens is 288 g/mol. The first kappa shape index (κ1) is 16.0. The van der Waals surface area contributed by atoms with Crippen molar-refractivity contribution in [2.75, 3.05) is 6.54 Å². The van der Waals surface area contributed by atoms with Crippen molar-refractivity contribution in [1.29, 1.82) is 0 Å². The first-order valence-electron chi connectivity index (χ1n) is 8.84. The monoisotopic (exact) mass is 314 g/mol. The minimum atomic E-state index is -0.0328. The van der Waals surface area contributed by atoms with Crippen LogP contribution >= 0.6 is 0 Å². The Balaban J connectivity index is 1.55. The summed E-state index contributed by atoms with van der Waals surface area (Å²) in [5, 5.41) is 6.18. The smallest absolute Gasteiger partial charge is 0.223 e. The zero-order chi connectivity index (χ0) is 16.1. The molecule has 124 valence electrons. The lowest BCUT2D eigenvalue weighted by Gasteiger charge is -2.29. The molecule has 0 spiro atoms. The van der Waals surface area contributed by atoms with Gasteiger partial charge in [-0.3, -0.25) is 9.59 Å². The summed E-state index contributed by atoms with van der Waals surface area (Å²) in [6, 6.07) is 10.1. The molecular formula is C19H26N2O2. The number of nitrogens with one attached hydrogen (secondary N) is 2. The van der Waals surface area contributed by atoms with Gasteiger partial charge in [-0.15, -0.1) is 0 Å². The second-order valence-electron chi connectivity index (χ2n) is 6.90. The van der Waals surface area contributed by atoms with Gasteiger partial charge in [0.1, 0.15) is 0 Å². The Kier molecular flexibility index (Phi) is 5.31. The van der Waals surface area contributed by atoms with Crippen molar-refractivity contribution in [3.05, 3.63) is 35.9 Å². The number of benzene rings is 1. The highest BCUT2D eigenvalue weighted by molar-refractivity contribution is 5.81. The van der Waals surface area contributed by atoms with E-state index < -0.39 is 0 Å². The van der Waals surface area contributed by atoms with Gasteiger partial charge in [-0.2, -0.15) is 0 Å². The molecule has 4 heteroatoms. The molecule has 23 heavy (non-hydrogen) atoms. The van der Waals surface area contributed by atoms with Gasteiger partial charge in [0.15, 0.2) is 0 Å². The Hall–Kier alpha value is -1.84. The van der Waals surface area contributed by atoms with Crippen LogP contribution in [0.5, 0.6) is 0 Å². The first-order valence-corrected chi connectivity index (χ1v) is 8.84. The van der Waals surface area contributed by atoms with Gasteiger partial charge < -0.3 is 10.6 Å². The minimum Gasteiger partial charge on any atom is -0.354 e. The fourth-order valence-electron chi connectivity index (χ4n) is 3.10. The molecule has 0 bridgehead atoms. The standard InChI is InChI=1S/C19H26N2O2/c22-18(15-8-4-9-15)20-13-17(12-14-6-2-1-3-7-14)21-19(23)16-10-5-11-16/h1-3,6-7,15-17H,4-5,8-13H2,(H,20,22)(H,21,23). The topological polar surface area (TPSA) is 58.2 Å². The quantitative estimate of drug-likeness (QED) is 0.812. The molecule has 1 unspecified atom stereocenters. The molecule has 2 N–H and O–H groups in total. The summed E-state index contributed by atoms with van der Waals surface area (Å²) in [5.41, 5.74) is 1.18. The van der Waals surface area contributed by atoms with Crippen LogP contribution < -0.4 is 10.6 Å². The maximum absolute atomic E-state index is 12.2. The molecule has 0 saturated heterocycles. The van der Waals surface area contributed by atoms with E-state index in [4.69, 9.17) is 0 Å². The van der Waals surface area contributed by atoms with Gasteiger partial charge in [0.05, 0.1) is 6.04 Å². The molecule has 2 aliphatic rings. The van der Waals surface area contributed by atoms with Gasteiger partial charge in [-0.1, -0.05) is 43.2 Å². The summed E-state index contributed by atoms with van der Waals surface area (Å²) >= 11 is 0. The molecule has 4 nitrogen and oxygen atoms in total. The van der Waals surface area contributed by atoms with Crippen molar-refractivity contribution in [2.24, 2.45) is 11.8 Å². The highest BCUT2D eigenvalue weighted by atomic mass is 16.2. The van der Waals surface area contributed by atoms with E-state index in [9.17, 15) is 9.59 Å². The number of amides is 2. The van der Waals surface area contributed by atoms with Crippen LogP contribution in [-0.2, 0) is 16.0 Å². The largest absolute Gasteiger partial charge is 0.354 e. The summed E-state index contributed by atoms with van der Waals surface area (Å²) in [6.07, 6.45) is 7.07. The van der Waals surface area contributed by atoms with Gasteiger partial charge in [0.2, 0.25) is 11.8 Å². The Morgan fingerprint density at radius 2 is 1.57 bits per heavy atom. The zero-order valence-electron chi connectivity index (χ0n) is 13.6. The van der Waals surface area contributed by atoms with Gasteiger partial charge in [-0.05, 0) is 37.7 Å².